The van der Waals surface area contributed by atoms with Gasteiger partial charge in [0.2, 0.25) is 0 Å². The molecule has 0 radical (unpaired) electrons. The lowest BCUT2D eigenvalue weighted by atomic mass is 10.2. The van der Waals surface area contributed by atoms with Crippen molar-refractivity contribution in [3.63, 3.8) is 0 Å². The fourth-order valence-electron chi connectivity index (χ4n) is 2.11. The van der Waals surface area contributed by atoms with Gasteiger partial charge in [-0.3, -0.25) is 0 Å². The van der Waals surface area contributed by atoms with E-state index >= 15 is 0 Å². The molecule has 0 atom stereocenters. The summed E-state index contributed by atoms with van der Waals surface area (Å²) >= 11 is 0. The molecule has 0 fully saturated rings. The number of benzene rings is 2. The summed E-state index contributed by atoms with van der Waals surface area (Å²) in [5, 5.41) is 0.622. The highest BCUT2D eigenvalue weighted by Crippen LogP contribution is 2.25. The van der Waals surface area contributed by atoms with E-state index in [4.69, 9.17) is 8.60 Å². The van der Waals surface area contributed by atoms with Crippen LogP contribution in [-0.2, 0) is 10.1 Å². The first-order chi connectivity index (χ1) is 10.8. The molecule has 23 heavy (non-hydrogen) atoms. The first kappa shape index (κ1) is 15.2. The van der Waals surface area contributed by atoms with Crippen molar-refractivity contribution in [3.05, 3.63) is 70.3 Å². The van der Waals surface area contributed by atoms with Gasteiger partial charge in [-0.1, -0.05) is 6.07 Å². The van der Waals surface area contributed by atoms with Crippen molar-refractivity contribution in [2.75, 3.05) is 0 Å². The van der Waals surface area contributed by atoms with Crippen molar-refractivity contribution in [1.82, 2.24) is 0 Å². The van der Waals surface area contributed by atoms with Crippen molar-refractivity contribution in [2.45, 2.75) is 11.8 Å². The van der Waals surface area contributed by atoms with Crippen LogP contribution in [-0.4, -0.2) is 8.42 Å². The molecular formula is C16H11FO5S. The molecule has 3 rings (SSSR count). The number of aryl methyl sites for hydroxylation is 1. The molecule has 7 heteroatoms. The van der Waals surface area contributed by atoms with Crippen molar-refractivity contribution >= 4 is 21.1 Å². The van der Waals surface area contributed by atoms with E-state index in [1.54, 1.807) is 12.1 Å². The summed E-state index contributed by atoms with van der Waals surface area (Å²) in [7, 11) is -4.21. The summed E-state index contributed by atoms with van der Waals surface area (Å²) in [6.07, 6.45) is 0. The van der Waals surface area contributed by atoms with Crippen LogP contribution in [0, 0.1) is 12.7 Å². The topological polar surface area (TPSA) is 73.6 Å². The van der Waals surface area contributed by atoms with Crippen LogP contribution < -0.4 is 9.81 Å². The van der Waals surface area contributed by atoms with Crippen LogP contribution >= 0.6 is 0 Å². The molecule has 118 valence electrons. The average molecular weight is 334 g/mol. The number of fused-ring (bicyclic) bond motifs is 1. The number of halogens is 1. The van der Waals surface area contributed by atoms with Crippen molar-refractivity contribution < 1.29 is 21.4 Å². The maximum absolute atomic E-state index is 13.3. The summed E-state index contributed by atoms with van der Waals surface area (Å²) < 4.78 is 47.9. The number of rotatable bonds is 3. The fraction of sp³-hybridized carbons (Fsp3) is 0.0625. The van der Waals surface area contributed by atoms with Crippen LogP contribution in [0.5, 0.6) is 5.75 Å². The summed E-state index contributed by atoms with van der Waals surface area (Å²) in [4.78, 5) is 11.0. The maximum Gasteiger partial charge on any atom is 0.339 e. The second-order valence-corrected chi connectivity index (χ2v) is 6.42. The van der Waals surface area contributed by atoms with Crippen LogP contribution in [0.15, 0.2) is 62.6 Å². The minimum atomic E-state index is -4.21. The molecule has 3 aromatic rings. The van der Waals surface area contributed by atoms with Gasteiger partial charge in [0.05, 0.1) is 0 Å². The molecule has 0 bridgehead atoms. The smallest absolute Gasteiger partial charge is 0.339 e. The Hall–Kier alpha value is -2.67. The van der Waals surface area contributed by atoms with E-state index in [2.05, 4.69) is 0 Å². The van der Waals surface area contributed by atoms with E-state index in [0.29, 0.717) is 10.9 Å². The van der Waals surface area contributed by atoms with E-state index < -0.39 is 21.6 Å². The monoisotopic (exact) mass is 334 g/mol. The highest BCUT2D eigenvalue weighted by atomic mass is 32.2. The Morgan fingerprint density at radius 2 is 1.78 bits per heavy atom. The molecular weight excluding hydrogens is 323 g/mol. The molecule has 5 nitrogen and oxygen atoms in total. The molecule has 0 aliphatic carbocycles. The van der Waals surface area contributed by atoms with Gasteiger partial charge in [0, 0.05) is 17.5 Å². The first-order valence-corrected chi connectivity index (χ1v) is 8.00. The van der Waals surface area contributed by atoms with Crippen molar-refractivity contribution in [3.8, 4) is 5.75 Å². The standard InChI is InChI=1S/C16H11FO5S/c1-10-2-5-12(17)8-15(10)23(19,20)22-13-6-3-11-4-7-16(18)21-14(11)9-13/h2-9H,1H3. The van der Waals surface area contributed by atoms with E-state index in [0.717, 1.165) is 6.07 Å². The quantitative estimate of drug-likeness (QED) is 0.544. The minimum absolute atomic E-state index is 0.0319. The Morgan fingerprint density at radius 3 is 2.57 bits per heavy atom. The molecule has 0 N–H and O–H groups in total. The Balaban J connectivity index is 2.03. The number of hydrogen-bond acceptors (Lipinski definition) is 5. The third-order valence-electron chi connectivity index (χ3n) is 3.22. The molecule has 1 aromatic heterocycles. The summed E-state index contributed by atoms with van der Waals surface area (Å²) in [5.41, 5.74) is -0.00151. The molecule has 2 aromatic carbocycles. The van der Waals surface area contributed by atoms with E-state index in [9.17, 15) is 17.6 Å². The molecule has 0 unspecified atom stereocenters. The van der Waals surface area contributed by atoms with Crippen LogP contribution in [0.25, 0.3) is 11.0 Å². The second-order valence-electron chi connectivity index (χ2n) is 4.90. The Labute approximate surface area is 131 Å². The van der Waals surface area contributed by atoms with Crippen molar-refractivity contribution in [2.24, 2.45) is 0 Å². The molecule has 1 heterocycles. The lowest BCUT2D eigenvalue weighted by molar-refractivity contribution is 0.483. The highest BCUT2D eigenvalue weighted by Gasteiger charge is 2.20. The van der Waals surface area contributed by atoms with Gasteiger partial charge in [0.15, 0.2) is 0 Å². The maximum atomic E-state index is 13.3. The predicted octanol–water partition coefficient (Wildman–Crippen LogP) is 3.01. The molecule has 0 saturated carbocycles. The molecule has 0 aliphatic rings. The normalized spacial score (nSPS) is 11.6. The van der Waals surface area contributed by atoms with Crippen LogP contribution in [0.3, 0.4) is 0 Å². The summed E-state index contributed by atoms with van der Waals surface area (Å²) in [6.45, 7) is 1.54. The van der Waals surface area contributed by atoms with Crippen LogP contribution in [0.1, 0.15) is 5.56 Å². The van der Waals surface area contributed by atoms with Gasteiger partial charge in [-0.25, -0.2) is 9.18 Å². The summed E-state index contributed by atoms with van der Waals surface area (Å²) in [5.74, 6) is -0.710. The minimum Gasteiger partial charge on any atom is -0.423 e. The van der Waals surface area contributed by atoms with E-state index in [1.807, 2.05) is 0 Å². The third kappa shape index (κ3) is 3.09. The molecule has 0 spiro atoms. The van der Waals surface area contributed by atoms with E-state index in [1.165, 1.54) is 37.3 Å². The summed E-state index contributed by atoms with van der Waals surface area (Å²) in [6, 6.07) is 10.5. The van der Waals surface area contributed by atoms with Gasteiger partial charge in [0.1, 0.15) is 22.0 Å². The largest absolute Gasteiger partial charge is 0.423 e. The second kappa shape index (κ2) is 5.51. The van der Waals surface area contributed by atoms with Crippen molar-refractivity contribution in [1.29, 1.82) is 0 Å². The average Bonchev–Trinajstić information content (AvgIpc) is 2.48. The van der Waals surface area contributed by atoms with Gasteiger partial charge >= 0.3 is 15.7 Å². The van der Waals surface area contributed by atoms with Gasteiger partial charge < -0.3 is 8.60 Å². The molecule has 0 aliphatic heterocycles. The van der Waals surface area contributed by atoms with Gasteiger partial charge in [-0.15, -0.1) is 0 Å². The zero-order chi connectivity index (χ0) is 16.6. The Bertz CT molecular complexity index is 1050. The Kier molecular flexibility index (Phi) is 3.65. The molecule has 0 saturated heterocycles. The zero-order valence-electron chi connectivity index (χ0n) is 11.9. The lowest BCUT2D eigenvalue weighted by Gasteiger charge is -2.09. The van der Waals surface area contributed by atoms with E-state index in [-0.39, 0.29) is 16.2 Å². The fourth-order valence-corrected chi connectivity index (χ4v) is 3.27. The first-order valence-electron chi connectivity index (χ1n) is 6.60. The third-order valence-corrected chi connectivity index (χ3v) is 4.61. The van der Waals surface area contributed by atoms with Crippen LogP contribution in [0.4, 0.5) is 4.39 Å². The highest BCUT2D eigenvalue weighted by molar-refractivity contribution is 7.87. The molecule has 0 amide bonds. The lowest BCUT2D eigenvalue weighted by Crippen LogP contribution is -2.11. The number of hydrogen-bond donors (Lipinski definition) is 0. The zero-order valence-corrected chi connectivity index (χ0v) is 12.8. The van der Waals surface area contributed by atoms with Gasteiger partial charge in [-0.2, -0.15) is 8.42 Å². The SMILES string of the molecule is Cc1ccc(F)cc1S(=O)(=O)Oc1ccc2ccc(=O)oc2c1. The van der Waals surface area contributed by atoms with Crippen LogP contribution in [0.2, 0.25) is 0 Å². The van der Waals surface area contributed by atoms with Gasteiger partial charge in [-0.05, 0) is 42.8 Å². The van der Waals surface area contributed by atoms with Gasteiger partial charge in [0.25, 0.3) is 0 Å². The Morgan fingerprint density at radius 1 is 1.04 bits per heavy atom. The predicted molar refractivity (Wildman–Crippen MR) is 81.4 cm³/mol.